The van der Waals surface area contributed by atoms with Gasteiger partial charge >= 0.3 is 5.97 Å². The number of hydrogen-bond acceptors (Lipinski definition) is 2. The maximum Gasteiger partial charge on any atom is 0.341 e. The van der Waals surface area contributed by atoms with Gasteiger partial charge in [-0.25, -0.2) is 9.18 Å². The Morgan fingerprint density at radius 1 is 1.56 bits per heavy atom. The van der Waals surface area contributed by atoms with Crippen LogP contribution in [0.25, 0.3) is 6.08 Å². The van der Waals surface area contributed by atoms with Crippen LogP contribution < -0.4 is 0 Å². The Morgan fingerprint density at radius 3 is 2.94 bits per heavy atom. The van der Waals surface area contributed by atoms with Crippen LogP contribution in [-0.4, -0.2) is 18.5 Å². The minimum absolute atomic E-state index is 0.0569. The summed E-state index contributed by atoms with van der Waals surface area (Å²) in [7, 11) is 0. The smallest absolute Gasteiger partial charge is 0.341 e. The average molecular weight is 243 g/mol. The minimum Gasteiger partial charge on any atom is -0.462 e. The van der Waals surface area contributed by atoms with Crippen LogP contribution in [0, 0.1) is 5.82 Å². The second-order valence-corrected chi connectivity index (χ2v) is 3.33. The molecule has 0 aromatic heterocycles. The normalized spacial score (nSPS) is 10.7. The van der Waals surface area contributed by atoms with E-state index < -0.39 is 11.8 Å². The number of carbonyl (C=O) groups excluding carboxylic acids is 1. The SMILES string of the molecule is CCOC(=O)c1cc(C=CCCl)ccc1F. The maximum atomic E-state index is 13.3. The average Bonchev–Trinajstić information content (AvgIpc) is 2.28. The zero-order valence-corrected chi connectivity index (χ0v) is 9.63. The molecule has 0 aliphatic heterocycles. The Kier molecular flexibility index (Phi) is 4.99. The van der Waals surface area contributed by atoms with Crippen molar-refractivity contribution in [3.8, 4) is 0 Å². The molecule has 1 rings (SSSR count). The number of benzene rings is 1. The van der Waals surface area contributed by atoms with E-state index in [1.807, 2.05) is 0 Å². The molecule has 0 fully saturated rings. The van der Waals surface area contributed by atoms with Gasteiger partial charge in [-0.15, -0.1) is 11.6 Å². The van der Waals surface area contributed by atoms with Gasteiger partial charge in [-0.2, -0.15) is 0 Å². The van der Waals surface area contributed by atoms with E-state index in [4.69, 9.17) is 16.3 Å². The molecule has 2 nitrogen and oxygen atoms in total. The van der Waals surface area contributed by atoms with Crippen molar-refractivity contribution in [3.05, 3.63) is 41.2 Å². The van der Waals surface area contributed by atoms with Crippen molar-refractivity contribution in [3.63, 3.8) is 0 Å². The summed E-state index contributed by atoms with van der Waals surface area (Å²) in [5.74, 6) is -0.867. The largest absolute Gasteiger partial charge is 0.462 e. The number of hydrogen-bond donors (Lipinski definition) is 0. The van der Waals surface area contributed by atoms with Crippen LogP contribution in [0.5, 0.6) is 0 Å². The zero-order chi connectivity index (χ0) is 12.0. The molecule has 0 aliphatic rings. The molecule has 0 atom stereocenters. The molecule has 0 aliphatic carbocycles. The molecule has 0 N–H and O–H groups in total. The predicted octanol–water partition coefficient (Wildman–Crippen LogP) is 3.25. The Hall–Kier alpha value is -1.35. The Morgan fingerprint density at radius 2 is 2.31 bits per heavy atom. The number of allylic oxidation sites excluding steroid dienone is 1. The lowest BCUT2D eigenvalue weighted by molar-refractivity contribution is 0.0521. The van der Waals surface area contributed by atoms with Gasteiger partial charge in [-0.3, -0.25) is 0 Å². The lowest BCUT2D eigenvalue weighted by Gasteiger charge is -2.04. The van der Waals surface area contributed by atoms with Gasteiger partial charge in [0.15, 0.2) is 0 Å². The topological polar surface area (TPSA) is 26.3 Å². The van der Waals surface area contributed by atoms with Crippen molar-refractivity contribution in [2.75, 3.05) is 12.5 Å². The van der Waals surface area contributed by atoms with Gasteiger partial charge in [-0.05, 0) is 24.6 Å². The molecular formula is C12H12ClFO2. The molecule has 16 heavy (non-hydrogen) atoms. The first-order valence-electron chi connectivity index (χ1n) is 4.88. The number of rotatable bonds is 4. The molecule has 4 heteroatoms. The van der Waals surface area contributed by atoms with Gasteiger partial charge in [0.2, 0.25) is 0 Å². The van der Waals surface area contributed by atoms with Gasteiger partial charge in [0.25, 0.3) is 0 Å². The highest BCUT2D eigenvalue weighted by atomic mass is 35.5. The van der Waals surface area contributed by atoms with Gasteiger partial charge < -0.3 is 4.74 Å². The molecule has 86 valence electrons. The summed E-state index contributed by atoms with van der Waals surface area (Å²) in [5.41, 5.74) is 0.656. The van der Waals surface area contributed by atoms with Crippen LogP contribution in [0.4, 0.5) is 4.39 Å². The third-order valence-corrected chi connectivity index (χ3v) is 2.06. The highest BCUT2D eigenvalue weighted by Gasteiger charge is 2.12. The predicted molar refractivity (Wildman–Crippen MR) is 62.1 cm³/mol. The molecule has 0 heterocycles. The minimum atomic E-state index is -0.652. The fourth-order valence-corrected chi connectivity index (χ4v) is 1.28. The second kappa shape index (κ2) is 6.28. The molecule has 0 amide bonds. The third-order valence-electron chi connectivity index (χ3n) is 1.89. The quantitative estimate of drug-likeness (QED) is 0.598. The van der Waals surface area contributed by atoms with E-state index in [1.54, 1.807) is 25.1 Å². The van der Waals surface area contributed by atoms with Crippen LogP contribution in [0.2, 0.25) is 0 Å². The number of alkyl halides is 1. The first-order chi connectivity index (χ1) is 7.69. The van der Waals surface area contributed by atoms with Crippen LogP contribution in [-0.2, 0) is 4.74 Å². The number of ether oxygens (including phenoxy) is 1. The van der Waals surface area contributed by atoms with E-state index in [1.165, 1.54) is 12.1 Å². The van der Waals surface area contributed by atoms with E-state index in [-0.39, 0.29) is 12.2 Å². The summed E-state index contributed by atoms with van der Waals surface area (Å²) in [5, 5.41) is 0. The number of halogens is 2. The van der Waals surface area contributed by atoms with Crippen molar-refractivity contribution < 1.29 is 13.9 Å². The molecule has 0 bridgehead atoms. The van der Waals surface area contributed by atoms with E-state index >= 15 is 0 Å². The Bertz CT molecular complexity index is 402. The highest BCUT2D eigenvalue weighted by molar-refractivity contribution is 6.19. The lowest BCUT2D eigenvalue weighted by atomic mass is 10.1. The summed E-state index contributed by atoms with van der Waals surface area (Å²) in [6, 6.07) is 4.25. The monoisotopic (exact) mass is 242 g/mol. The summed E-state index contributed by atoms with van der Waals surface area (Å²) >= 11 is 5.48. The first kappa shape index (κ1) is 12.7. The summed E-state index contributed by atoms with van der Waals surface area (Å²) in [6.07, 6.45) is 3.43. The van der Waals surface area contributed by atoms with Crippen LogP contribution in [0.3, 0.4) is 0 Å². The summed E-state index contributed by atoms with van der Waals surface area (Å²) in [4.78, 5) is 11.4. The van der Waals surface area contributed by atoms with E-state index in [9.17, 15) is 9.18 Å². The van der Waals surface area contributed by atoms with Crippen molar-refractivity contribution in [1.29, 1.82) is 0 Å². The van der Waals surface area contributed by atoms with E-state index in [2.05, 4.69) is 0 Å². The molecule has 0 saturated heterocycles. The van der Waals surface area contributed by atoms with Crippen LogP contribution in [0.15, 0.2) is 24.3 Å². The summed E-state index contributed by atoms with van der Waals surface area (Å²) < 4.78 is 18.1. The highest BCUT2D eigenvalue weighted by Crippen LogP contribution is 2.13. The zero-order valence-electron chi connectivity index (χ0n) is 8.87. The van der Waals surface area contributed by atoms with Crippen LogP contribution >= 0.6 is 11.6 Å². The molecule has 0 saturated carbocycles. The first-order valence-corrected chi connectivity index (χ1v) is 5.41. The van der Waals surface area contributed by atoms with Crippen LogP contribution in [0.1, 0.15) is 22.8 Å². The molecule has 0 spiro atoms. The number of esters is 1. The van der Waals surface area contributed by atoms with E-state index in [0.29, 0.717) is 11.4 Å². The van der Waals surface area contributed by atoms with E-state index in [0.717, 1.165) is 0 Å². The summed E-state index contributed by atoms with van der Waals surface area (Å²) in [6.45, 7) is 1.90. The van der Waals surface area contributed by atoms with Gasteiger partial charge in [-0.1, -0.05) is 18.2 Å². The Balaban J connectivity index is 2.98. The van der Waals surface area contributed by atoms with Crippen molar-refractivity contribution in [2.45, 2.75) is 6.92 Å². The molecular weight excluding hydrogens is 231 g/mol. The fraction of sp³-hybridized carbons (Fsp3) is 0.250. The third kappa shape index (κ3) is 3.35. The second-order valence-electron chi connectivity index (χ2n) is 3.02. The molecule has 0 radical (unpaired) electrons. The Labute approximate surface area is 98.7 Å². The maximum absolute atomic E-state index is 13.3. The lowest BCUT2D eigenvalue weighted by Crippen LogP contribution is -2.07. The standard InChI is InChI=1S/C12H12ClFO2/c1-2-16-12(15)10-8-9(4-3-7-13)5-6-11(10)14/h3-6,8H,2,7H2,1H3. The molecule has 1 aromatic rings. The number of carbonyl (C=O) groups is 1. The van der Waals surface area contributed by atoms with Gasteiger partial charge in [0.1, 0.15) is 5.82 Å². The van der Waals surface area contributed by atoms with Crippen molar-refractivity contribution >= 4 is 23.6 Å². The fourth-order valence-electron chi connectivity index (χ4n) is 1.19. The van der Waals surface area contributed by atoms with Gasteiger partial charge in [0, 0.05) is 5.88 Å². The van der Waals surface area contributed by atoms with Crippen molar-refractivity contribution in [2.24, 2.45) is 0 Å². The molecule has 1 aromatic carbocycles. The van der Waals surface area contributed by atoms with Gasteiger partial charge in [0.05, 0.1) is 12.2 Å². The molecule has 0 unspecified atom stereocenters. The van der Waals surface area contributed by atoms with Crippen molar-refractivity contribution in [1.82, 2.24) is 0 Å².